The van der Waals surface area contributed by atoms with Crippen LogP contribution in [0.3, 0.4) is 0 Å². The minimum atomic E-state index is -0.616. The predicted molar refractivity (Wildman–Crippen MR) is 65.7 cm³/mol. The fourth-order valence-corrected chi connectivity index (χ4v) is 1.72. The van der Waals surface area contributed by atoms with E-state index in [1.54, 1.807) is 6.92 Å². The highest BCUT2D eigenvalue weighted by molar-refractivity contribution is 5.42. The molecular formula is C13H21NO2. The molecule has 0 saturated heterocycles. The number of rotatable bonds is 4. The number of aliphatic hydroxyl groups excluding tert-OH is 1. The van der Waals surface area contributed by atoms with Crippen molar-refractivity contribution in [2.24, 2.45) is 5.73 Å². The van der Waals surface area contributed by atoms with Gasteiger partial charge in [-0.3, -0.25) is 0 Å². The van der Waals surface area contributed by atoms with Crippen molar-refractivity contribution < 1.29 is 9.84 Å². The minimum Gasteiger partial charge on any atom is -0.494 e. The lowest BCUT2D eigenvalue weighted by Crippen LogP contribution is -2.25. The van der Waals surface area contributed by atoms with E-state index in [1.165, 1.54) is 0 Å². The second kappa shape index (κ2) is 5.32. The fourth-order valence-electron chi connectivity index (χ4n) is 1.72. The second-order valence-electron chi connectivity index (χ2n) is 4.21. The maximum absolute atomic E-state index is 9.96. The normalized spacial score (nSPS) is 14.6. The van der Waals surface area contributed by atoms with Crippen LogP contribution in [0.5, 0.6) is 5.75 Å². The van der Waals surface area contributed by atoms with Crippen molar-refractivity contribution in [1.29, 1.82) is 0 Å². The number of hydrogen-bond acceptors (Lipinski definition) is 3. The first-order valence-corrected chi connectivity index (χ1v) is 5.65. The summed E-state index contributed by atoms with van der Waals surface area (Å²) in [4.78, 5) is 0. The molecule has 0 radical (unpaired) electrons. The van der Waals surface area contributed by atoms with Crippen LogP contribution in [0.2, 0.25) is 0 Å². The van der Waals surface area contributed by atoms with Crippen LogP contribution < -0.4 is 10.5 Å². The molecule has 0 spiro atoms. The highest BCUT2D eigenvalue weighted by Gasteiger charge is 2.16. The van der Waals surface area contributed by atoms with Crippen LogP contribution in [0.1, 0.15) is 36.6 Å². The molecular weight excluding hydrogens is 202 g/mol. The van der Waals surface area contributed by atoms with Crippen LogP contribution in [0, 0.1) is 13.8 Å². The van der Waals surface area contributed by atoms with Crippen LogP contribution in [-0.4, -0.2) is 17.8 Å². The van der Waals surface area contributed by atoms with Gasteiger partial charge in [-0.2, -0.15) is 0 Å². The molecule has 0 aromatic heterocycles. The van der Waals surface area contributed by atoms with E-state index in [2.05, 4.69) is 0 Å². The molecule has 16 heavy (non-hydrogen) atoms. The first-order valence-electron chi connectivity index (χ1n) is 5.65. The summed E-state index contributed by atoms with van der Waals surface area (Å²) in [6, 6.07) is 3.64. The second-order valence-corrected chi connectivity index (χ2v) is 4.21. The molecule has 1 aromatic carbocycles. The zero-order valence-electron chi connectivity index (χ0n) is 10.4. The van der Waals surface area contributed by atoms with Crippen molar-refractivity contribution in [2.75, 3.05) is 6.61 Å². The van der Waals surface area contributed by atoms with Crippen molar-refractivity contribution in [2.45, 2.75) is 39.8 Å². The topological polar surface area (TPSA) is 55.5 Å². The lowest BCUT2D eigenvalue weighted by molar-refractivity contribution is 0.152. The molecule has 3 N–H and O–H groups in total. The summed E-state index contributed by atoms with van der Waals surface area (Å²) in [5.74, 6) is 0.876. The lowest BCUT2D eigenvalue weighted by Gasteiger charge is -2.19. The summed E-state index contributed by atoms with van der Waals surface area (Å²) in [6.45, 7) is 8.34. The molecule has 0 aliphatic heterocycles. The van der Waals surface area contributed by atoms with Gasteiger partial charge in [-0.1, -0.05) is 0 Å². The van der Waals surface area contributed by atoms with E-state index >= 15 is 0 Å². The standard InChI is InChI=1S/C13H21NO2/c1-5-16-12-7-8(2)11(6-9(12)3)13(15)10(4)14/h6-7,10,13,15H,5,14H2,1-4H3. The molecule has 0 bridgehead atoms. The van der Waals surface area contributed by atoms with E-state index in [1.807, 2.05) is 32.9 Å². The van der Waals surface area contributed by atoms with Crippen LogP contribution in [0.15, 0.2) is 12.1 Å². The van der Waals surface area contributed by atoms with Gasteiger partial charge in [0.15, 0.2) is 0 Å². The van der Waals surface area contributed by atoms with Crippen LogP contribution in [0.4, 0.5) is 0 Å². The van der Waals surface area contributed by atoms with E-state index in [4.69, 9.17) is 10.5 Å². The number of hydrogen-bond donors (Lipinski definition) is 2. The van der Waals surface area contributed by atoms with Crippen molar-refractivity contribution in [3.63, 3.8) is 0 Å². The highest BCUT2D eigenvalue weighted by Crippen LogP contribution is 2.27. The quantitative estimate of drug-likeness (QED) is 0.821. The zero-order chi connectivity index (χ0) is 12.3. The Morgan fingerprint density at radius 1 is 1.31 bits per heavy atom. The van der Waals surface area contributed by atoms with Gasteiger partial charge in [0.25, 0.3) is 0 Å². The molecule has 0 saturated carbocycles. The Bertz CT molecular complexity index is 361. The van der Waals surface area contributed by atoms with Gasteiger partial charge in [-0.15, -0.1) is 0 Å². The maximum atomic E-state index is 9.96. The Kier molecular flexibility index (Phi) is 4.33. The molecule has 0 aliphatic carbocycles. The van der Waals surface area contributed by atoms with Crippen LogP contribution in [0.25, 0.3) is 0 Å². The summed E-state index contributed by atoms with van der Waals surface area (Å²) >= 11 is 0. The van der Waals surface area contributed by atoms with Crippen LogP contribution in [-0.2, 0) is 0 Å². The molecule has 90 valence electrons. The Morgan fingerprint density at radius 2 is 1.94 bits per heavy atom. The van der Waals surface area contributed by atoms with Crippen molar-refractivity contribution in [3.8, 4) is 5.75 Å². The van der Waals surface area contributed by atoms with E-state index < -0.39 is 6.10 Å². The number of nitrogens with two attached hydrogens (primary N) is 1. The highest BCUT2D eigenvalue weighted by atomic mass is 16.5. The van der Waals surface area contributed by atoms with Gasteiger partial charge >= 0.3 is 0 Å². The summed E-state index contributed by atoms with van der Waals surface area (Å²) in [5, 5.41) is 9.96. The molecule has 0 heterocycles. The van der Waals surface area contributed by atoms with Gasteiger partial charge in [-0.05, 0) is 56.5 Å². The zero-order valence-corrected chi connectivity index (χ0v) is 10.4. The third kappa shape index (κ3) is 2.74. The molecule has 3 nitrogen and oxygen atoms in total. The molecule has 0 fully saturated rings. The van der Waals surface area contributed by atoms with E-state index in [0.717, 1.165) is 22.4 Å². The van der Waals surface area contributed by atoms with Crippen molar-refractivity contribution in [3.05, 3.63) is 28.8 Å². The van der Waals surface area contributed by atoms with Crippen molar-refractivity contribution >= 4 is 0 Å². The third-order valence-corrected chi connectivity index (χ3v) is 2.68. The number of benzene rings is 1. The number of aryl methyl sites for hydroxylation is 2. The summed E-state index contributed by atoms with van der Waals surface area (Å²) in [7, 11) is 0. The van der Waals surface area contributed by atoms with Gasteiger partial charge < -0.3 is 15.6 Å². The molecule has 3 heteroatoms. The largest absolute Gasteiger partial charge is 0.494 e. The molecule has 2 atom stereocenters. The number of ether oxygens (including phenoxy) is 1. The summed E-state index contributed by atoms with van der Waals surface area (Å²) < 4.78 is 5.50. The van der Waals surface area contributed by atoms with E-state index in [-0.39, 0.29) is 6.04 Å². The van der Waals surface area contributed by atoms with Gasteiger partial charge in [-0.25, -0.2) is 0 Å². The first kappa shape index (κ1) is 13.0. The van der Waals surface area contributed by atoms with Crippen molar-refractivity contribution in [1.82, 2.24) is 0 Å². The summed E-state index contributed by atoms with van der Waals surface area (Å²) in [6.07, 6.45) is -0.616. The lowest BCUT2D eigenvalue weighted by atomic mass is 9.96. The SMILES string of the molecule is CCOc1cc(C)c(C(O)C(C)N)cc1C. The minimum absolute atomic E-state index is 0.268. The first-order chi connectivity index (χ1) is 7.47. The maximum Gasteiger partial charge on any atom is 0.122 e. The summed E-state index contributed by atoms with van der Waals surface area (Å²) in [5.41, 5.74) is 8.63. The Balaban J connectivity index is 3.10. The molecule has 0 amide bonds. The van der Waals surface area contributed by atoms with Gasteiger partial charge in [0.05, 0.1) is 12.7 Å². The Labute approximate surface area is 97.2 Å². The van der Waals surface area contributed by atoms with E-state index in [0.29, 0.717) is 6.61 Å². The predicted octanol–water partition coefficient (Wildman–Crippen LogP) is 2.08. The monoisotopic (exact) mass is 223 g/mol. The fraction of sp³-hybridized carbons (Fsp3) is 0.538. The molecule has 1 rings (SSSR count). The number of aliphatic hydroxyl groups is 1. The molecule has 0 aliphatic rings. The van der Waals surface area contributed by atoms with Gasteiger partial charge in [0, 0.05) is 6.04 Å². The van der Waals surface area contributed by atoms with Gasteiger partial charge in [0.1, 0.15) is 5.75 Å². The Morgan fingerprint density at radius 3 is 2.44 bits per heavy atom. The average molecular weight is 223 g/mol. The smallest absolute Gasteiger partial charge is 0.122 e. The Hall–Kier alpha value is -1.06. The molecule has 1 aromatic rings. The van der Waals surface area contributed by atoms with Gasteiger partial charge in [0.2, 0.25) is 0 Å². The van der Waals surface area contributed by atoms with E-state index in [9.17, 15) is 5.11 Å². The average Bonchev–Trinajstić information content (AvgIpc) is 2.22. The third-order valence-electron chi connectivity index (χ3n) is 2.68. The molecule has 2 unspecified atom stereocenters. The van der Waals surface area contributed by atoms with Crippen LogP contribution >= 0.6 is 0 Å².